The summed E-state index contributed by atoms with van der Waals surface area (Å²) in [5.41, 5.74) is 4.16. The SMILES string of the molecule is COc1ccc(F)cc1C(Cc1ccc(Cl)cc1Cl)NN. The van der Waals surface area contributed by atoms with Gasteiger partial charge in [-0.1, -0.05) is 29.3 Å². The molecule has 0 saturated carbocycles. The lowest BCUT2D eigenvalue weighted by Gasteiger charge is -2.20. The highest BCUT2D eigenvalue weighted by Gasteiger charge is 2.18. The van der Waals surface area contributed by atoms with E-state index in [0.717, 1.165) is 5.56 Å². The number of ether oxygens (including phenoxy) is 1. The van der Waals surface area contributed by atoms with Crippen LogP contribution in [0.2, 0.25) is 10.0 Å². The Labute approximate surface area is 132 Å². The van der Waals surface area contributed by atoms with Crippen molar-refractivity contribution in [1.29, 1.82) is 0 Å². The normalized spacial score (nSPS) is 12.2. The molecule has 0 aromatic heterocycles. The Morgan fingerprint density at radius 1 is 1.24 bits per heavy atom. The lowest BCUT2D eigenvalue weighted by molar-refractivity contribution is 0.397. The number of benzene rings is 2. The maximum absolute atomic E-state index is 13.5. The molecule has 2 aromatic carbocycles. The third-order valence-corrected chi connectivity index (χ3v) is 3.79. The number of methoxy groups -OCH3 is 1. The average molecular weight is 329 g/mol. The molecule has 0 aliphatic carbocycles. The zero-order valence-electron chi connectivity index (χ0n) is 11.4. The molecule has 0 heterocycles. The third kappa shape index (κ3) is 3.86. The van der Waals surface area contributed by atoms with Gasteiger partial charge in [-0.2, -0.15) is 0 Å². The van der Waals surface area contributed by atoms with Gasteiger partial charge in [-0.05, 0) is 42.3 Å². The van der Waals surface area contributed by atoms with Crippen molar-refractivity contribution in [3.63, 3.8) is 0 Å². The molecule has 6 heteroatoms. The van der Waals surface area contributed by atoms with E-state index in [0.29, 0.717) is 27.8 Å². The highest BCUT2D eigenvalue weighted by Crippen LogP contribution is 2.30. The number of nitrogens with two attached hydrogens (primary N) is 1. The van der Waals surface area contributed by atoms with Crippen LogP contribution < -0.4 is 16.0 Å². The summed E-state index contributed by atoms with van der Waals surface area (Å²) in [5, 5.41) is 1.10. The van der Waals surface area contributed by atoms with Crippen LogP contribution in [0.4, 0.5) is 4.39 Å². The lowest BCUT2D eigenvalue weighted by Crippen LogP contribution is -2.30. The van der Waals surface area contributed by atoms with Crippen LogP contribution >= 0.6 is 23.2 Å². The topological polar surface area (TPSA) is 47.3 Å². The van der Waals surface area contributed by atoms with Crippen LogP contribution in [-0.2, 0) is 6.42 Å². The van der Waals surface area contributed by atoms with Crippen molar-refractivity contribution >= 4 is 23.2 Å². The zero-order valence-corrected chi connectivity index (χ0v) is 12.9. The molecule has 2 rings (SSSR count). The number of nitrogens with one attached hydrogen (secondary N) is 1. The predicted octanol–water partition coefficient (Wildman–Crippen LogP) is 3.89. The molecule has 0 saturated heterocycles. The van der Waals surface area contributed by atoms with E-state index in [-0.39, 0.29) is 11.9 Å². The van der Waals surface area contributed by atoms with Crippen molar-refractivity contribution in [3.05, 3.63) is 63.4 Å². The van der Waals surface area contributed by atoms with Gasteiger partial charge < -0.3 is 4.74 Å². The van der Waals surface area contributed by atoms with Crippen molar-refractivity contribution < 1.29 is 9.13 Å². The number of hydrazine groups is 1. The van der Waals surface area contributed by atoms with Gasteiger partial charge >= 0.3 is 0 Å². The molecule has 0 fully saturated rings. The fourth-order valence-corrected chi connectivity index (χ4v) is 2.63. The molecule has 0 aliphatic rings. The maximum Gasteiger partial charge on any atom is 0.123 e. The van der Waals surface area contributed by atoms with Crippen molar-refractivity contribution in [2.24, 2.45) is 5.84 Å². The van der Waals surface area contributed by atoms with Crippen LogP contribution in [0.1, 0.15) is 17.2 Å². The summed E-state index contributed by atoms with van der Waals surface area (Å²) in [7, 11) is 1.53. The van der Waals surface area contributed by atoms with Crippen molar-refractivity contribution in [2.75, 3.05) is 7.11 Å². The van der Waals surface area contributed by atoms with Gasteiger partial charge in [-0.15, -0.1) is 0 Å². The molecule has 1 unspecified atom stereocenters. The highest BCUT2D eigenvalue weighted by molar-refractivity contribution is 6.35. The van der Waals surface area contributed by atoms with Crippen LogP contribution in [0.5, 0.6) is 5.75 Å². The van der Waals surface area contributed by atoms with E-state index in [1.807, 2.05) is 6.07 Å². The van der Waals surface area contributed by atoms with Crippen LogP contribution in [0.3, 0.4) is 0 Å². The van der Waals surface area contributed by atoms with Gasteiger partial charge in [-0.3, -0.25) is 11.3 Å². The molecule has 0 bridgehead atoms. The molecule has 21 heavy (non-hydrogen) atoms. The first-order chi connectivity index (χ1) is 10.0. The van der Waals surface area contributed by atoms with Crippen molar-refractivity contribution in [1.82, 2.24) is 5.43 Å². The lowest BCUT2D eigenvalue weighted by atomic mass is 9.98. The van der Waals surface area contributed by atoms with Crippen LogP contribution in [0.25, 0.3) is 0 Å². The molecule has 0 radical (unpaired) electrons. The van der Waals surface area contributed by atoms with Gasteiger partial charge in [0.15, 0.2) is 0 Å². The van der Waals surface area contributed by atoms with Gasteiger partial charge in [0.25, 0.3) is 0 Å². The minimum Gasteiger partial charge on any atom is -0.496 e. The molecule has 0 spiro atoms. The minimum absolute atomic E-state index is 0.339. The molecule has 2 aromatic rings. The molecule has 3 N–H and O–H groups in total. The summed E-state index contributed by atoms with van der Waals surface area (Å²) in [6.45, 7) is 0. The summed E-state index contributed by atoms with van der Waals surface area (Å²) < 4.78 is 18.7. The minimum atomic E-state index is -0.353. The van der Waals surface area contributed by atoms with Gasteiger partial charge in [-0.25, -0.2) is 4.39 Å². The molecule has 0 aliphatic heterocycles. The fourth-order valence-electron chi connectivity index (χ4n) is 2.14. The first-order valence-electron chi connectivity index (χ1n) is 6.28. The van der Waals surface area contributed by atoms with Crippen molar-refractivity contribution in [3.8, 4) is 5.75 Å². The smallest absolute Gasteiger partial charge is 0.123 e. The van der Waals surface area contributed by atoms with Crippen molar-refractivity contribution in [2.45, 2.75) is 12.5 Å². The molecule has 0 amide bonds. The Balaban J connectivity index is 2.34. The molecule has 3 nitrogen and oxygen atoms in total. The predicted molar refractivity (Wildman–Crippen MR) is 83.2 cm³/mol. The van der Waals surface area contributed by atoms with E-state index in [4.69, 9.17) is 33.8 Å². The van der Waals surface area contributed by atoms with Crippen LogP contribution in [-0.4, -0.2) is 7.11 Å². The largest absolute Gasteiger partial charge is 0.496 e. The number of hydrogen-bond acceptors (Lipinski definition) is 3. The highest BCUT2D eigenvalue weighted by atomic mass is 35.5. The maximum atomic E-state index is 13.5. The Kier molecular flexibility index (Phi) is 5.42. The summed E-state index contributed by atoms with van der Waals surface area (Å²) in [4.78, 5) is 0. The zero-order chi connectivity index (χ0) is 15.4. The van der Waals surface area contributed by atoms with E-state index >= 15 is 0 Å². The Morgan fingerprint density at radius 3 is 2.62 bits per heavy atom. The molecule has 1 atom stereocenters. The van der Waals surface area contributed by atoms with E-state index in [2.05, 4.69) is 5.43 Å². The monoisotopic (exact) mass is 328 g/mol. The van der Waals surface area contributed by atoms with Crippen LogP contribution in [0, 0.1) is 5.82 Å². The van der Waals surface area contributed by atoms with Gasteiger partial charge in [0.2, 0.25) is 0 Å². The second kappa shape index (κ2) is 7.09. The number of halogens is 3. The Bertz CT molecular complexity index is 637. The molecular formula is C15H15Cl2FN2O. The molecular weight excluding hydrogens is 314 g/mol. The summed E-state index contributed by atoms with van der Waals surface area (Å²) in [6.07, 6.45) is 0.478. The standard InChI is InChI=1S/C15H15Cl2FN2O/c1-21-15-5-4-11(18)8-12(15)14(20-19)6-9-2-3-10(16)7-13(9)17/h2-5,7-8,14,20H,6,19H2,1H3. The first kappa shape index (κ1) is 16.0. The van der Waals surface area contributed by atoms with Gasteiger partial charge in [0.05, 0.1) is 13.2 Å². The fraction of sp³-hybridized carbons (Fsp3) is 0.200. The number of hydrogen-bond donors (Lipinski definition) is 2. The second-order valence-corrected chi connectivity index (χ2v) is 5.39. The Hall–Kier alpha value is -1.33. The number of rotatable bonds is 5. The van der Waals surface area contributed by atoms with E-state index in [1.165, 1.54) is 19.2 Å². The average Bonchev–Trinajstić information content (AvgIpc) is 2.46. The second-order valence-electron chi connectivity index (χ2n) is 4.55. The van der Waals surface area contributed by atoms with Crippen LogP contribution in [0.15, 0.2) is 36.4 Å². The summed E-state index contributed by atoms with van der Waals surface area (Å²) in [6, 6.07) is 9.19. The van der Waals surface area contributed by atoms with E-state index in [1.54, 1.807) is 18.2 Å². The van der Waals surface area contributed by atoms with Gasteiger partial charge in [0.1, 0.15) is 11.6 Å². The van der Waals surface area contributed by atoms with E-state index in [9.17, 15) is 4.39 Å². The summed E-state index contributed by atoms with van der Waals surface area (Å²) >= 11 is 12.0. The van der Waals surface area contributed by atoms with Gasteiger partial charge in [0, 0.05) is 15.6 Å². The first-order valence-corrected chi connectivity index (χ1v) is 7.04. The summed E-state index contributed by atoms with van der Waals surface area (Å²) in [5.74, 6) is 5.82. The van der Waals surface area contributed by atoms with E-state index < -0.39 is 0 Å². The quantitative estimate of drug-likeness (QED) is 0.646. The third-order valence-electron chi connectivity index (χ3n) is 3.21. The molecule has 112 valence electrons. The Morgan fingerprint density at radius 2 is 2.00 bits per heavy atom.